The number of hydrogen-bond donors (Lipinski definition) is 1. The van der Waals surface area contributed by atoms with Gasteiger partial charge in [-0.3, -0.25) is 0 Å². The first-order chi connectivity index (χ1) is 8.61. The Kier molecular flexibility index (Phi) is 3.42. The van der Waals surface area contributed by atoms with Crippen LogP contribution in [0.15, 0.2) is 37.0 Å². The average Bonchev–Trinajstić information content (AvgIpc) is 2.39. The van der Waals surface area contributed by atoms with Crippen LogP contribution in [0.25, 0.3) is 17.0 Å². The summed E-state index contributed by atoms with van der Waals surface area (Å²) in [5.41, 5.74) is 10.6. The van der Waals surface area contributed by atoms with Gasteiger partial charge in [-0.25, -0.2) is 9.97 Å². The zero-order chi connectivity index (χ0) is 13.1. The Bertz CT molecular complexity index is 588. The van der Waals surface area contributed by atoms with Crippen LogP contribution in [0.2, 0.25) is 0 Å². The first-order valence-corrected chi connectivity index (χ1v) is 5.99. The minimum atomic E-state index is 0.713. The molecule has 0 bridgehead atoms. The molecule has 2 rings (SSSR count). The molecule has 92 valence electrons. The van der Waals surface area contributed by atoms with Crippen LogP contribution in [0.1, 0.15) is 25.1 Å². The molecule has 0 atom stereocenters. The zero-order valence-corrected chi connectivity index (χ0v) is 10.8. The molecule has 0 amide bonds. The van der Waals surface area contributed by atoms with Crippen molar-refractivity contribution < 1.29 is 0 Å². The van der Waals surface area contributed by atoms with Crippen LogP contribution in [-0.2, 0) is 6.42 Å². The minimum Gasteiger partial charge on any atom is -0.399 e. The van der Waals surface area contributed by atoms with E-state index >= 15 is 0 Å². The number of nitrogen functional groups attached to an aromatic ring is 1. The van der Waals surface area contributed by atoms with E-state index in [-0.39, 0.29) is 0 Å². The SMILES string of the molecule is C=C(C)c1ccnc(-c2ccc(N)c(CC)c2)n1. The van der Waals surface area contributed by atoms with Gasteiger partial charge in [0.2, 0.25) is 0 Å². The van der Waals surface area contributed by atoms with Crippen molar-refractivity contribution in [3.63, 3.8) is 0 Å². The first-order valence-electron chi connectivity index (χ1n) is 5.99. The molecule has 0 saturated carbocycles. The van der Waals surface area contributed by atoms with Crippen LogP contribution in [-0.4, -0.2) is 9.97 Å². The van der Waals surface area contributed by atoms with Crippen LogP contribution >= 0.6 is 0 Å². The molecule has 0 aliphatic carbocycles. The van der Waals surface area contributed by atoms with Gasteiger partial charge in [-0.1, -0.05) is 13.5 Å². The summed E-state index contributed by atoms with van der Waals surface area (Å²) < 4.78 is 0. The summed E-state index contributed by atoms with van der Waals surface area (Å²) in [4.78, 5) is 8.80. The molecule has 0 spiro atoms. The second kappa shape index (κ2) is 5.00. The molecular weight excluding hydrogens is 222 g/mol. The van der Waals surface area contributed by atoms with E-state index in [1.807, 2.05) is 31.2 Å². The fourth-order valence-corrected chi connectivity index (χ4v) is 1.79. The standard InChI is InChI=1S/C15H17N3/c1-4-11-9-12(5-6-13(11)16)15-17-8-7-14(18-15)10(2)3/h5-9H,2,4,16H2,1,3H3. The second-order valence-electron chi connectivity index (χ2n) is 4.31. The van der Waals surface area contributed by atoms with Crippen molar-refractivity contribution in [1.29, 1.82) is 0 Å². The number of anilines is 1. The number of aromatic nitrogens is 2. The third kappa shape index (κ3) is 2.40. The third-order valence-corrected chi connectivity index (χ3v) is 2.87. The molecule has 0 unspecified atom stereocenters. The molecule has 0 saturated heterocycles. The normalized spacial score (nSPS) is 10.3. The van der Waals surface area contributed by atoms with Crippen LogP contribution in [0.3, 0.4) is 0 Å². The van der Waals surface area contributed by atoms with E-state index in [0.29, 0.717) is 5.82 Å². The van der Waals surface area contributed by atoms with Gasteiger partial charge in [-0.05, 0) is 48.7 Å². The van der Waals surface area contributed by atoms with Gasteiger partial charge < -0.3 is 5.73 Å². The smallest absolute Gasteiger partial charge is 0.159 e. The number of allylic oxidation sites excluding steroid dienone is 1. The highest BCUT2D eigenvalue weighted by Crippen LogP contribution is 2.22. The Hall–Kier alpha value is -2.16. The van der Waals surface area contributed by atoms with Crippen molar-refractivity contribution >= 4 is 11.3 Å². The molecule has 1 aromatic heterocycles. The van der Waals surface area contributed by atoms with Gasteiger partial charge in [0.1, 0.15) is 0 Å². The molecule has 1 aromatic carbocycles. The first kappa shape index (κ1) is 12.3. The molecule has 0 aliphatic heterocycles. The lowest BCUT2D eigenvalue weighted by molar-refractivity contribution is 1.12. The molecule has 0 fully saturated rings. The number of nitrogens with zero attached hydrogens (tertiary/aromatic N) is 2. The van der Waals surface area contributed by atoms with Crippen LogP contribution in [0.5, 0.6) is 0 Å². The van der Waals surface area contributed by atoms with Gasteiger partial charge in [0, 0.05) is 17.4 Å². The lowest BCUT2D eigenvalue weighted by Gasteiger charge is -2.07. The van der Waals surface area contributed by atoms with Gasteiger partial charge >= 0.3 is 0 Å². The van der Waals surface area contributed by atoms with Gasteiger partial charge in [0.25, 0.3) is 0 Å². The Balaban J connectivity index is 2.48. The van der Waals surface area contributed by atoms with Crippen molar-refractivity contribution in [3.05, 3.63) is 48.3 Å². The molecule has 18 heavy (non-hydrogen) atoms. The number of aryl methyl sites for hydroxylation is 1. The number of nitrogens with two attached hydrogens (primary N) is 1. The summed E-state index contributed by atoms with van der Waals surface area (Å²) in [6, 6.07) is 7.77. The third-order valence-electron chi connectivity index (χ3n) is 2.87. The van der Waals surface area contributed by atoms with E-state index < -0.39 is 0 Å². The average molecular weight is 239 g/mol. The number of benzene rings is 1. The fraction of sp³-hybridized carbons (Fsp3) is 0.200. The van der Waals surface area contributed by atoms with Gasteiger partial charge in [-0.2, -0.15) is 0 Å². The Labute approximate surface area is 107 Å². The highest BCUT2D eigenvalue weighted by atomic mass is 14.9. The van der Waals surface area contributed by atoms with E-state index in [1.165, 1.54) is 0 Å². The van der Waals surface area contributed by atoms with Gasteiger partial charge in [0.15, 0.2) is 5.82 Å². The molecule has 0 aliphatic rings. The number of rotatable bonds is 3. The molecule has 3 nitrogen and oxygen atoms in total. The monoisotopic (exact) mass is 239 g/mol. The summed E-state index contributed by atoms with van der Waals surface area (Å²) in [6.45, 7) is 7.92. The summed E-state index contributed by atoms with van der Waals surface area (Å²) in [6.07, 6.45) is 2.66. The van der Waals surface area contributed by atoms with E-state index in [1.54, 1.807) is 6.20 Å². The Morgan fingerprint density at radius 1 is 1.33 bits per heavy atom. The topological polar surface area (TPSA) is 51.8 Å². The van der Waals surface area contributed by atoms with E-state index in [4.69, 9.17) is 5.73 Å². The predicted octanol–water partition coefficient (Wildman–Crippen LogP) is 3.32. The maximum absolute atomic E-state index is 5.90. The lowest BCUT2D eigenvalue weighted by atomic mass is 10.1. The van der Waals surface area contributed by atoms with E-state index in [9.17, 15) is 0 Å². The molecule has 2 N–H and O–H groups in total. The van der Waals surface area contributed by atoms with Crippen molar-refractivity contribution in [3.8, 4) is 11.4 Å². The van der Waals surface area contributed by atoms with Crippen molar-refractivity contribution in [2.45, 2.75) is 20.3 Å². The quantitative estimate of drug-likeness (QED) is 0.836. The van der Waals surface area contributed by atoms with Crippen molar-refractivity contribution in [1.82, 2.24) is 9.97 Å². The minimum absolute atomic E-state index is 0.713. The molecular formula is C15H17N3. The van der Waals surface area contributed by atoms with Gasteiger partial charge in [-0.15, -0.1) is 0 Å². The largest absolute Gasteiger partial charge is 0.399 e. The predicted molar refractivity (Wildman–Crippen MR) is 76.0 cm³/mol. The maximum Gasteiger partial charge on any atom is 0.159 e. The summed E-state index contributed by atoms with van der Waals surface area (Å²) >= 11 is 0. The second-order valence-corrected chi connectivity index (χ2v) is 4.31. The van der Waals surface area contributed by atoms with Gasteiger partial charge in [0.05, 0.1) is 5.69 Å². The summed E-state index contributed by atoms with van der Waals surface area (Å²) in [5.74, 6) is 0.713. The lowest BCUT2D eigenvalue weighted by Crippen LogP contribution is -1.96. The highest BCUT2D eigenvalue weighted by Gasteiger charge is 2.05. The number of hydrogen-bond acceptors (Lipinski definition) is 3. The molecule has 2 aromatic rings. The maximum atomic E-state index is 5.90. The summed E-state index contributed by atoms with van der Waals surface area (Å²) in [7, 11) is 0. The molecule has 3 heteroatoms. The fourth-order valence-electron chi connectivity index (χ4n) is 1.79. The van der Waals surface area contributed by atoms with Crippen LogP contribution < -0.4 is 5.73 Å². The van der Waals surface area contributed by atoms with Crippen molar-refractivity contribution in [2.75, 3.05) is 5.73 Å². The van der Waals surface area contributed by atoms with E-state index in [0.717, 1.165) is 34.5 Å². The molecule has 1 heterocycles. The highest BCUT2D eigenvalue weighted by molar-refractivity contribution is 5.65. The van der Waals surface area contributed by atoms with Crippen molar-refractivity contribution in [2.24, 2.45) is 0 Å². The Morgan fingerprint density at radius 3 is 2.78 bits per heavy atom. The Morgan fingerprint density at radius 2 is 2.11 bits per heavy atom. The molecule has 0 radical (unpaired) electrons. The van der Waals surface area contributed by atoms with Crippen LogP contribution in [0.4, 0.5) is 5.69 Å². The summed E-state index contributed by atoms with van der Waals surface area (Å²) in [5, 5.41) is 0. The zero-order valence-electron chi connectivity index (χ0n) is 10.8. The van der Waals surface area contributed by atoms with E-state index in [2.05, 4.69) is 23.5 Å². The van der Waals surface area contributed by atoms with Crippen LogP contribution in [0, 0.1) is 0 Å².